The van der Waals surface area contributed by atoms with Gasteiger partial charge in [-0.25, -0.2) is 0 Å². The van der Waals surface area contributed by atoms with Crippen LogP contribution >= 0.6 is 45.2 Å². The molecule has 0 spiro atoms. The SMILES string of the molecule is CC/C(=C(\c1ccc(I)cc1)c1ccc(OCCN2CCCC2)cc1)c1ccc(I)cc1. The lowest BCUT2D eigenvalue weighted by Crippen LogP contribution is -2.25. The molecule has 0 amide bonds. The van der Waals surface area contributed by atoms with E-state index in [9.17, 15) is 0 Å². The Hall–Kier alpha value is -1.38. The van der Waals surface area contributed by atoms with E-state index >= 15 is 0 Å². The number of ether oxygens (including phenoxy) is 1. The van der Waals surface area contributed by atoms with Crippen LogP contribution in [0.1, 0.15) is 42.9 Å². The summed E-state index contributed by atoms with van der Waals surface area (Å²) in [5, 5.41) is 0. The third-order valence-corrected chi connectivity index (χ3v) is 7.44. The first-order chi connectivity index (χ1) is 15.6. The average Bonchev–Trinajstić information content (AvgIpc) is 3.33. The molecular formula is C28H29I2NO. The fraction of sp³-hybridized carbons (Fsp3) is 0.286. The molecule has 1 heterocycles. The van der Waals surface area contributed by atoms with Crippen LogP contribution in [0.4, 0.5) is 0 Å². The van der Waals surface area contributed by atoms with E-state index < -0.39 is 0 Å². The quantitative estimate of drug-likeness (QED) is 0.183. The van der Waals surface area contributed by atoms with Gasteiger partial charge in [-0.05, 0) is 142 Å². The van der Waals surface area contributed by atoms with E-state index in [2.05, 4.69) is 130 Å². The molecule has 32 heavy (non-hydrogen) atoms. The fourth-order valence-electron chi connectivity index (χ4n) is 4.32. The van der Waals surface area contributed by atoms with E-state index in [4.69, 9.17) is 4.74 Å². The predicted octanol–water partition coefficient (Wildman–Crippen LogP) is 7.74. The molecule has 1 aliphatic heterocycles. The first kappa shape index (κ1) is 23.8. The van der Waals surface area contributed by atoms with Gasteiger partial charge in [0.05, 0.1) is 0 Å². The molecule has 3 aromatic rings. The molecule has 0 atom stereocenters. The minimum Gasteiger partial charge on any atom is -0.492 e. The summed E-state index contributed by atoms with van der Waals surface area (Å²) in [5.74, 6) is 0.947. The lowest BCUT2D eigenvalue weighted by Gasteiger charge is -2.18. The van der Waals surface area contributed by atoms with Crippen LogP contribution in [0.15, 0.2) is 72.8 Å². The highest BCUT2D eigenvalue weighted by atomic mass is 127. The van der Waals surface area contributed by atoms with Crippen molar-refractivity contribution in [1.29, 1.82) is 0 Å². The van der Waals surface area contributed by atoms with Gasteiger partial charge < -0.3 is 4.74 Å². The van der Waals surface area contributed by atoms with Crippen molar-refractivity contribution in [1.82, 2.24) is 4.90 Å². The van der Waals surface area contributed by atoms with Gasteiger partial charge in [0.2, 0.25) is 0 Å². The van der Waals surface area contributed by atoms with E-state index in [-0.39, 0.29) is 0 Å². The van der Waals surface area contributed by atoms with E-state index in [1.165, 1.54) is 60.9 Å². The van der Waals surface area contributed by atoms with E-state index in [1.807, 2.05) is 0 Å². The van der Waals surface area contributed by atoms with Crippen LogP contribution in [0.2, 0.25) is 0 Å². The van der Waals surface area contributed by atoms with Crippen molar-refractivity contribution >= 4 is 56.3 Å². The second kappa shape index (κ2) is 11.7. The summed E-state index contributed by atoms with van der Waals surface area (Å²) in [6.45, 7) is 6.44. The van der Waals surface area contributed by atoms with Gasteiger partial charge in [-0.15, -0.1) is 0 Å². The number of hydrogen-bond acceptors (Lipinski definition) is 2. The van der Waals surface area contributed by atoms with Crippen LogP contribution in [0, 0.1) is 7.14 Å². The first-order valence-corrected chi connectivity index (χ1v) is 13.5. The van der Waals surface area contributed by atoms with Gasteiger partial charge in [0.25, 0.3) is 0 Å². The molecule has 1 aliphatic rings. The molecule has 2 nitrogen and oxygen atoms in total. The summed E-state index contributed by atoms with van der Waals surface area (Å²) in [5.41, 5.74) is 6.43. The molecule has 4 heteroatoms. The topological polar surface area (TPSA) is 12.5 Å². The third-order valence-electron chi connectivity index (χ3n) is 6.00. The standard InChI is InChI=1S/C28H29I2NO/c1-2-27(21-5-11-24(29)12-6-21)28(22-7-13-25(30)14-8-22)23-9-15-26(16-10-23)32-20-19-31-17-3-4-18-31/h5-16H,2-4,17-20H2,1H3/b28-27-. The largest absolute Gasteiger partial charge is 0.492 e. The lowest BCUT2D eigenvalue weighted by atomic mass is 9.88. The Morgan fingerprint density at radius 1 is 0.750 bits per heavy atom. The Balaban J connectivity index is 1.63. The van der Waals surface area contributed by atoms with Crippen molar-refractivity contribution in [3.05, 3.63) is 96.6 Å². The zero-order chi connectivity index (χ0) is 22.3. The van der Waals surface area contributed by atoms with Gasteiger partial charge in [-0.3, -0.25) is 4.90 Å². The van der Waals surface area contributed by atoms with Gasteiger partial charge in [0.15, 0.2) is 0 Å². The highest BCUT2D eigenvalue weighted by Gasteiger charge is 2.14. The second-order valence-corrected chi connectivity index (χ2v) is 10.6. The van der Waals surface area contributed by atoms with Crippen LogP contribution in [0.3, 0.4) is 0 Å². The third kappa shape index (κ3) is 6.14. The molecule has 1 saturated heterocycles. The molecule has 0 saturated carbocycles. The van der Waals surface area contributed by atoms with Crippen LogP contribution in [0.5, 0.6) is 5.75 Å². The normalized spacial score (nSPS) is 15.0. The molecule has 0 aromatic heterocycles. The first-order valence-electron chi connectivity index (χ1n) is 11.3. The zero-order valence-electron chi connectivity index (χ0n) is 18.5. The molecule has 166 valence electrons. The van der Waals surface area contributed by atoms with Gasteiger partial charge in [0, 0.05) is 13.7 Å². The summed E-state index contributed by atoms with van der Waals surface area (Å²) in [7, 11) is 0. The maximum absolute atomic E-state index is 6.05. The summed E-state index contributed by atoms with van der Waals surface area (Å²) < 4.78 is 8.56. The van der Waals surface area contributed by atoms with Gasteiger partial charge in [-0.2, -0.15) is 0 Å². The fourth-order valence-corrected chi connectivity index (χ4v) is 5.04. The predicted molar refractivity (Wildman–Crippen MR) is 152 cm³/mol. The van der Waals surface area contributed by atoms with Crippen LogP contribution in [-0.2, 0) is 0 Å². The van der Waals surface area contributed by atoms with Gasteiger partial charge in [0.1, 0.15) is 12.4 Å². The zero-order valence-corrected chi connectivity index (χ0v) is 22.8. The number of hydrogen-bond donors (Lipinski definition) is 0. The molecule has 0 bridgehead atoms. The smallest absolute Gasteiger partial charge is 0.119 e. The monoisotopic (exact) mass is 649 g/mol. The molecule has 0 radical (unpaired) electrons. The summed E-state index contributed by atoms with van der Waals surface area (Å²) in [4.78, 5) is 2.49. The van der Waals surface area contributed by atoms with Crippen molar-refractivity contribution in [3.63, 3.8) is 0 Å². The van der Waals surface area contributed by atoms with Gasteiger partial charge >= 0.3 is 0 Å². The van der Waals surface area contributed by atoms with E-state index in [0.717, 1.165) is 25.3 Å². The van der Waals surface area contributed by atoms with Crippen LogP contribution < -0.4 is 4.74 Å². The summed E-state index contributed by atoms with van der Waals surface area (Å²) >= 11 is 4.74. The minimum absolute atomic E-state index is 0.752. The Morgan fingerprint density at radius 2 is 1.25 bits per heavy atom. The molecule has 1 fully saturated rings. The molecule has 3 aromatic carbocycles. The summed E-state index contributed by atoms with van der Waals surface area (Å²) in [6.07, 6.45) is 3.61. The molecule has 0 N–H and O–H groups in total. The lowest BCUT2D eigenvalue weighted by molar-refractivity contribution is 0.238. The number of rotatable bonds is 8. The maximum Gasteiger partial charge on any atom is 0.119 e. The van der Waals surface area contributed by atoms with Crippen molar-refractivity contribution in [3.8, 4) is 5.75 Å². The Morgan fingerprint density at radius 3 is 1.78 bits per heavy atom. The number of allylic oxidation sites excluding steroid dienone is 1. The van der Waals surface area contributed by atoms with E-state index in [0.29, 0.717) is 0 Å². The number of likely N-dealkylation sites (tertiary alicyclic amines) is 1. The number of halogens is 2. The highest BCUT2D eigenvalue weighted by Crippen LogP contribution is 2.35. The van der Waals surface area contributed by atoms with Crippen LogP contribution in [-0.4, -0.2) is 31.1 Å². The molecule has 0 aliphatic carbocycles. The van der Waals surface area contributed by atoms with Crippen molar-refractivity contribution in [2.45, 2.75) is 26.2 Å². The number of benzene rings is 3. The average molecular weight is 649 g/mol. The minimum atomic E-state index is 0.752. The van der Waals surface area contributed by atoms with Crippen molar-refractivity contribution in [2.24, 2.45) is 0 Å². The second-order valence-electron chi connectivity index (χ2n) is 8.14. The molecule has 4 rings (SSSR count). The molecular weight excluding hydrogens is 620 g/mol. The van der Waals surface area contributed by atoms with Crippen molar-refractivity contribution < 1.29 is 4.74 Å². The van der Waals surface area contributed by atoms with Gasteiger partial charge in [-0.1, -0.05) is 43.3 Å². The maximum atomic E-state index is 6.05. The Bertz CT molecular complexity index is 1030. The van der Waals surface area contributed by atoms with Crippen LogP contribution in [0.25, 0.3) is 11.1 Å². The molecule has 0 unspecified atom stereocenters. The Kier molecular flexibility index (Phi) is 8.66. The Labute approximate surface area is 219 Å². The highest BCUT2D eigenvalue weighted by molar-refractivity contribution is 14.1. The van der Waals surface area contributed by atoms with E-state index in [1.54, 1.807) is 0 Å². The summed E-state index contributed by atoms with van der Waals surface area (Å²) in [6, 6.07) is 26.4. The number of nitrogens with zero attached hydrogens (tertiary/aromatic N) is 1. The van der Waals surface area contributed by atoms with Crippen molar-refractivity contribution in [2.75, 3.05) is 26.2 Å².